The van der Waals surface area contributed by atoms with E-state index in [2.05, 4.69) is 48.7 Å². The topological polar surface area (TPSA) is 49.8 Å². The van der Waals surface area contributed by atoms with Crippen LogP contribution in [0.3, 0.4) is 0 Å². The van der Waals surface area contributed by atoms with E-state index in [4.69, 9.17) is 0 Å². The van der Waals surface area contributed by atoms with Gasteiger partial charge < -0.3 is 10.6 Å². The van der Waals surface area contributed by atoms with Crippen LogP contribution in [0.15, 0.2) is 41.1 Å². The summed E-state index contributed by atoms with van der Waals surface area (Å²) in [6.45, 7) is 0.844. The Morgan fingerprint density at radius 1 is 1.17 bits per heavy atom. The Balaban J connectivity index is 1.88. The van der Waals surface area contributed by atoms with Crippen molar-refractivity contribution in [2.45, 2.75) is 6.42 Å². The molecular formula is C13H15BrN4. The summed E-state index contributed by atoms with van der Waals surface area (Å²) >= 11 is 3.47. The van der Waals surface area contributed by atoms with Crippen LogP contribution in [0.5, 0.6) is 0 Å². The van der Waals surface area contributed by atoms with E-state index in [0.29, 0.717) is 0 Å². The van der Waals surface area contributed by atoms with Gasteiger partial charge in [-0.1, -0.05) is 28.1 Å². The van der Waals surface area contributed by atoms with Gasteiger partial charge in [0.05, 0.1) is 0 Å². The Kier molecular flexibility index (Phi) is 4.52. The maximum Gasteiger partial charge on any atom is 0.131 e. The first-order valence-corrected chi connectivity index (χ1v) is 6.55. The quantitative estimate of drug-likeness (QED) is 0.892. The van der Waals surface area contributed by atoms with Crippen LogP contribution in [0, 0.1) is 0 Å². The molecule has 0 aliphatic rings. The maximum atomic E-state index is 4.16. The van der Waals surface area contributed by atoms with E-state index in [1.165, 1.54) is 5.56 Å². The molecule has 0 spiro atoms. The molecule has 4 nitrogen and oxygen atoms in total. The normalized spacial score (nSPS) is 10.1. The summed E-state index contributed by atoms with van der Waals surface area (Å²) in [5.74, 6) is 1.65. The third-order valence-corrected chi connectivity index (χ3v) is 3.03. The van der Waals surface area contributed by atoms with Crippen LogP contribution in [0.4, 0.5) is 11.6 Å². The first-order valence-electron chi connectivity index (χ1n) is 5.76. The van der Waals surface area contributed by atoms with Gasteiger partial charge in [-0.05, 0) is 24.1 Å². The number of nitrogens with one attached hydrogen (secondary N) is 2. The second kappa shape index (κ2) is 6.35. The van der Waals surface area contributed by atoms with Crippen LogP contribution in [0.25, 0.3) is 0 Å². The molecule has 18 heavy (non-hydrogen) atoms. The van der Waals surface area contributed by atoms with Crippen LogP contribution < -0.4 is 10.6 Å². The van der Waals surface area contributed by atoms with Crippen molar-refractivity contribution in [1.82, 2.24) is 9.97 Å². The predicted octanol–water partition coefficient (Wildman–Crippen LogP) is 2.94. The van der Waals surface area contributed by atoms with Crippen molar-refractivity contribution in [2.75, 3.05) is 24.2 Å². The predicted molar refractivity (Wildman–Crippen MR) is 77.9 cm³/mol. The monoisotopic (exact) mass is 306 g/mol. The highest BCUT2D eigenvalue weighted by atomic mass is 79.9. The summed E-state index contributed by atoms with van der Waals surface area (Å²) in [5, 5.41) is 6.27. The molecule has 1 heterocycles. The lowest BCUT2D eigenvalue weighted by atomic mass is 10.1. The number of nitrogens with zero attached hydrogens (tertiary/aromatic N) is 2. The van der Waals surface area contributed by atoms with Crippen LogP contribution in [0.1, 0.15) is 5.56 Å². The van der Waals surface area contributed by atoms with Crippen molar-refractivity contribution in [2.24, 2.45) is 0 Å². The van der Waals surface area contributed by atoms with Gasteiger partial charge in [0.25, 0.3) is 0 Å². The van der Waals surface area contributed by atoms with E-state index < -0.39 is 0 Å². The molecule has 2 N–H and O–H groups in total. The molecule has 5 heteroatoms. The van der Waals surface area contributed by atoms with Gasteiger partial charge in [0.15, 0.2) is 0 Å². The molecule has 1 aromatic carbocycles. The van der Waals surface area contributed by atoms with E-state index in [0.717, 1.165) is 29.1 Å². The Morgan fingerprint density at radius 3 is 2.78 bits per heavy atom. The van der Waals surface area contributed by atoms with Crippen LogP contribution in [-0.2, 0) is 6.42 Å². The van der Waals surface area contributed by atoms with E-state index in [9.17, 15) is 0 Å². The van der Waals surface area contributed by atoms with Gasteiger partial charge in [-0.2, -0.15) is 0 Å². The third-order valence-electron chi connectivity index (χ3n) is 2.53. The van der Waals surface area contributed by atoms with Gasteiger partial charge in [-0.15, -0.1) is 0 Å². The minimum atomic E-state index is 0.815. The van der Waals surface area contributed by atoms with Gasteiger partial charge >= 0.3 is 0 Å². The lowest BCUT2D eigenvalue weighted by molar-refractivity contribution is 0.998. The molecule has 94 valence electrons. The second-order valence-electron chi connectivity index (χ2n) is 3.85. The Morgan fingerprint density at radius 2 is 2.00 bits per heavy atom. The molecule has 0 bridgehead atoms. The molecule has 0 aliphatic carbocycles. The first-order chi connectivity index (χ1) is 8.78. The lowest BCUT2D eigenvalue weighted by Gasteiger charge is -2.07. The largest absolute Gasteiger partial charge is 0.373 e. The fourth-order valence-corrected chi connectivity index (χ4v) is 2.06. The molecule has 0 unspecified atom stereocenters. The Labute approximate surface area is 115 Å². The Bertz CT molecular complexity index is 516. The number of rotatable bonds is 5. The average molecular weight is 307 g/mol. The van der Waals surface area contributed by atoms with Crippen molar-refractivity contribution in [3.05, 3.63) is 46.7 Å². The highest BCUT2D eigenvalue weighted by Gasteiger charge is 1.97. The molecule has 0 fully saturated rings. The maximum absolute atomic E-state index is 4.16. The van der Waals surface area contributed by atoms with Crippen molar-refractivity contribution in [1.29, 1.82) is 0 Å². The average Bonchev–Trinajstić information content (AvgIpc) is 2.39. The minimum Gasteiger partial charge on any atom is -0.373 e. The summed E-state index contributed by atoms with van der Waals surface area (Å²) in [6, 6.07) is 10.2. The number of hydrogen-bond donors (Lipinski definition) is 2. The molecule has 0 aliphatic heterocycles. The Hall–Kier alpha value is -1.62. The molecular weight excluding hydrogens is 292 g/mol. The minimum absolute atomic E-state index is 0.815. The highest BCUT2D eigenvalue weighted by Crippen LogP contribution is 2.12. The summed E-state index contributed by atoms with van der Waals surface area (Å²) in [7, 11) is 1.84. The molecule has 0 atom stereocenters. The van der Waals surface area contributed by atoms with E-state index >= 15 is 0 Å². The fraction of sp³-hybridized carbons (Fsp3) is 0.231. The zero-order valence-electron chi connectivity index (χ0n) is 10.2. The molecule has 0 saturated heterocycles. The molecule has 1 aromatic heterocycles. The van der Waals surface area contributed by atoms with E-state index in [1.54, 1.807) is 6.33 Å². The number of halogens is 1. The number of aromatic nitrogens is 2. The van der Waals surface area contributed by atoms with Crippen molar-refractivity contribution in [3.63, 3.8) is 0 Å². The fourth-order valence-electron chi connectivity index (χ4n) is 1.62. The summed E-state index contributed by atoms with van der Waals surface area (Å²) in [5.41, 5.74) is 1.29. The summed E-state index contributed by atoms with van der Waals surface area (Å²) in [6.07, 6.45) is 2.51. The zero-order valence-corrected chi connectivity index (χ0v) is 11.7. The van der Waals surface area contributed by atoms with Crippen molar-refractivity contribution < 1.29 is 0 Å². The van der Waals surface area contributed by atoms with Crippen LogP contribution >= 0.6 is 15.9 Å². The third kappa shape index (κ3) is 3.70. The first kappa shape index (κ1) is 12.8. The number of benzene rings is 1. The van der Waals surface area contributed by atoms with Crippen LogP contribution in [0.2, 0.25) is 0 Å². The van der Waals surface area contributed by atoms with E-state index in [1.807, 2.05) is 25.2 Å². The molecule has 0 amide bonds. The number of anilines is 2. The molecule has 0 saturated carbocycles. The van der Waals surface area contributed by atoms with Crippen LogP contribution in [-0.4, -0.2) is 23.6 Å². The second-order valence-corrected chi connectivity index (χ2v) is 4.76. The molecule has 2 aromatic rings. The van der Waals surface area contributed by atoms with Crippen molar-refractivity contribution in [3.8, 4) is 0 Å². The summed E-state index contributed by atoms with van der Waals surface area (Å²) < 4.78 is 1.11. The van der Waals surface area contributed by atoms with Gasteiger partial charge in [0, 0.05) is 24.1 Å². The van der Waals surface area contributed by atoms with Gasteiger partial charge in [0.2, 0.25) is 0 Å². The number of hydrogen-bond acceptors (Lipinski definition) is 4. The van der Waals surface area contributed by atoms with Gasteiger partial charge in [0.1, 0.15) is 18.0 Å². The SMILES string of the molecule is CNc1cc(NCCc2cccc(Br)c2)ncn1. The molecule has 0 radical (unpaired) electrons. The standard InChI is InChI=1S/C13H15BrN4/c1-15-12-8-13(18-9-17-12)16-6-5-10-3-2-4-11(14)7-10/h2-4,7-9H,5-6H2,1H3,(H2,15,16,17,18). The smallest absolute Gasteiger partial charge is 0.131 e. The molecule has 2 rings (SSSR count). The van der Waals surface area contributed by atoms with E-state index in [-0.39, 0.29) is 0 Å². The highest BCUT2D eigenvalue weighted by molar-refractivity contribution is 9.10. The zero-order chi connectivity index (χ0) is 12.8. The summed E-state index contributed by atoms with van der Waals surface area (Å²) in [4.78, 5) is 8.23. The van der Waals surface area contributed by atoms with Gasteiger partial charge in [-0.3, -0.25) is 0 Å². The lowest BCUT2D eigenvalue weighted by Crippen LogP contribution is -2.07. The van der Waals surface area contributed by atoms with Crippen molar-refractivity contribution >= 4 is 27.6 Å². The van der Waals surface area contributed by atoms with Gasteiger partial charge in [-0.25, -0.2) is 9.97 Å².